The Kier molecular flexibility index (Phi) is 6.93. The van der Waals surface area contributed by atoms with Crippen molar-refractivity contribution in [1.82, 2.24) is 15.0 Å². The van der Waals surface area contributed by atoms with Crippen molar-refractivity contribution in [3.05, 3.63) is 89.8 Å². The quantitative estimate of drug-likeness (QED) is 0.306. The van der Waals surface area contributed by atoms with Gasteiger partial charge in [-0.1, -0.05) is 18.2 Å². The first-order valence-electron chi connectivity index (χ1n) is 13.5. The number of aliphatic hydroxyl groups is 1. The zero-order chi connectivity index (χ0) is 28.6. The van der Waals surface area contributed by atoms with E-state index < -0.39 is 5.82 Å². The monoisotopic (exact) mass is 549 g/mol. The van der Waals surface area contributed by atoms with Gasteiger partial charge in [-0.2, -0.15) is 5.26 Å². The number of hydrogen-bond acceptors (Lipinski definition) is 8. The molecule has 1 saturated carbocycles. The minimum atomic E-state index is -0.541. The van der Waals surface area contributed by atoms with Crippen LogP contribution in [0.4, 0.5) is 10.1 Å². The van der Waals surface area contributed by atoms with Gasteiger partial charge in [-0.05, 0) is 60.7 Å². The smallest absolute Gasteiger partial charge is 0.185 e. The van der Waals surface area contributed by atoms with Crippen LogP contribution >= 0.6 is 0 Å². The molecule has 4 aromatic rings. The average Bonchev–Trinajstić information content (AvgIpc) is 3.61. The van der Waals surface area contributed by atoms with Crippen molar-refractivity contribution in [2.24, 2.45) is 5.41 Å². The molecule has 6 rings (SSSR count). The number of hydrogen-bond donors (Lipinski definition) is 1. The molecule has 0 radical (unpaired) electrons. The molecule has 0 unspecified atom stereocenters. The van der Waals surface area contributed by atoms with Gasteiger partial charge in [0.05, 0.1) is 30.9 Å². The van der Waals surface area contributed by atoms with Crippen LogP contribution in [0.2, 0.25) is 0 Å². The van der Waals surface area contributed by atoms with Crippen molar-refractivity contribution >= 4 is 11.5 Å². The molecule has 3 heterocycles. The predicted molar refractivity (Wildman–Crippen MR) is 151 cm³/mol. The van der Waals surface area contributed by atoms with Gasteiger partial charge in [-0.3, -0.25) is 9.78 Å². The van der Waals surface area contributed by atoms with Gasteiger partial charge >= 0.3 is 0 Å². The summed E-state index contributed by atoms with van der Waals surface area (Å²) in [6.07, 6.45) is 7.62. The number of fused-ring (bicyclic) bond motifs is 2. The van der Waals surface area contributed by atoms with Gasteiger partial charge < -0.3 is 14.7 Å². The van der Waals surface area contributed by atoms with Crippen LogP contribution in [0.1, 0.15) is 40.9 Å². The lowest BCUT2D eigenvalue weighted by molar-refractivity contribution is 0.0988. The number of carbonyl (C=O) groups is 1. The largest absolute Gasteiger partial charge is 0.496 e. The van der Waals surface area contributed by atoms with Crippen LogP contribution in [0.3, 0.4) is 0 Å². The minimum Gasteiger partial charge on any atom is -0.496 e. The zero-order valence-electron chi connectivity index (χ0n) is 22.5. The highest BCUT2D eigenvalue weighted by Crippen LogP contribution is 2.50. The highest BCUT2D eigenvalue weighted by Gasteiger charge is 2.49. The summed E-state index contributed by atoms with van der Waals surface area (Å²) in [6.45, 7) is 0.819. The number of rotatable bonds is 8. The summed E-state index contributed by atoms with van der Waals surface area (Å²) in [5.74, 6) is -0.427. The van der Waals surface area contributed by atoms with Crippen molar-refractivity contribution in [3.63, 3.8) is 0 Å². The third-order valence-electron chi connectivity index (χ3n) is 8.32. The van der Waals surface area contributed by atoms with Gasteiger partial charge in [0.2, 0.25) is 0 Å². The number of Topliss-reactive ketones (excluding diaryl/α,β-unsaturated/α-hetero) is 1. The number of piperidine rings is 1. The number of pyridine rings is 1. The van der Waals surface area contributed by atoms with Crippen molar-refractivity contribution < 1.29 is 19.0 Å². The molecule has 2 aromatic heterocycles. The Bertz CT molecular complexity index is 1690. The van der Waals surface area contributed by atoms with Gasteiger partial charge in [0, 0.05) is 54.3 Å². The predicted octanol–water partition coefficient (Wildman–Crippen LogP) is 5.00. The lowest BCUT2D eigenvalue weighted by Gasteiger charge is -2.34. The molecular formula is C32H28FN5O3. The third kappa shape index (κ3) is 4.81. The molecule has 9 heteroatoms. The summed E-state index contributed by atoms with van der Waals surface area (Å²) >= 11 is 0. The number of nitriles is 1. The van der Waals surface area contributed by atoms with Crippen LogP contribution in [-0.4, -0.2) is 52.1 Å². The average molecular weight is 550 g/mol. The Labute approximate surface area is 237 Å². The molecule has 41 heavy (non-hydrogen) atoms. The van der Waals surface area contributed by atoms with Crippen LogP contribution in [0.15, 0.2) is 67.1 Å². The van der Waals surface area contributed by atoms with E-state index in [1.165, 1.54) is 31.5 Å². The van der Waals surface area contributed by atoms with Crippen LogP contribution in [0.25, 0.3) is 22.5 Å². The van der Waals surface area contributed by atoms with E-state index in [4.69, 9.17) is 4.74 Å². The number of aromatic nitrogens is 3. The molecule has 0 spiro atoms. The Morgan fingerprint density at radius 2 is 2.12 bits per heavy atom. The molecule has 1 saturated heterocycles. The van der Waals surface area contributed by atoms with E-state index >= 15 is 0 Å². The molecule has 1 aliphatic carbocycles. The molecule has 2 bridgehead atoms. The van der Waals surface area contributed by atoms with Crippen LogP contribution in [0, 0.1) is 22.6 Å². The molecule has 206 valence electrons. The fraction of sp³-hybridized carbons (Fsp3) is 0.281. The molecule has 2 aromatic carbocycles. The number of halogens is 1. The molecule has 0 amide bonds. The first kappa shape index (κ1) is 26.5. The summed E-state index contributed by atoms with van der Waals surface area (Å²) in [5, 5.41) is 19.8. The highest BCUT2D eigenvalue weighted by atomic mass is 19.1. The maximum atomic E-state index is 14.7. The number of ketones is 1. The normalized spacial score (nSPS) is 19.3. The Morgan fingerprint density at radius 1 is 1.24 bits per heavy atom. The van der Waals surface area contributed by atoms with Crippen LogP contribution in [0.5, 0.6) is 5.75 Å². The molecule has 2 atom stereocenters. The first-order valence-corrected chi connectivity index (χ1v) is 13.5. The first-order chi connectivity index (χ1) is 19.9. The Balaban J connectivity index is 1.37. The highest BCUT2D eigenvalue weighted by molar-refractivity contribution is 5.97. The van der Waals surface area contributed by atoms with Gasteiger partial charge in [-0.15, -0.1) is 0 Å². The summed E-state index contributed by atoms with van der Waals surface area (Å²) in [5.41, 5.74) is 3.90. The number of aliphatic hydroxyl groups excluding tert-OH is 1. The number of benzene rings is 2. The Hall–Kier alpha value is -4.68. The number of nitrogens with zero attached hydrogens (tertiary/aromatic N) is 5. The maximum Gasteiger partial charge on any atom is 0.185 e. The lowest BCUT2D eigenvalue weighted by Crippen LogP contribution is -2.37. The minimum absolute atomic E-state index is 0.0635. The molecule has 1 aliphatic heterocycles. The van der Waals surface area contributed by atoms with E-state index in [1.54, 1.807) is 24.5 Å². The van der Waals surface area contributed by atoms with Crippen molar-refractivity contribution in [3.8, 4) is 34.3 Å². The number of carbonyl (C=O) groups excluding carboxylic acids is 1. The molecule has 1 N–H and O–H groups in total. The third-order valence-corrected chi connectivity index (χ3v) is 8.32. The van der Waals surface area contributed by atoms with Gasteiger partial charge in [0.15, 0.2) is 11.6 Å². The number of ether oxygens (including phenoxy) is 1. The zero-order valence-corrected chi connectivity index (χ0v) is 22.5. The topological polar surface area (TPSA) is 112 Å². The van der Waals surface area contributed by atoms with Crippen molar-refractivity contribution in [2.45, 2.75) is 31.7 Å². The second-order valence-corrected chi connectivity index (χ2v) is 10.7. The summed E-state index contributed by atoms with van der Waals surface area (Å²) < 4.78 is 20.0. The van der Waals surface area contributed by atoms with Crippen LogP contribution < -0.4 is 9.64 Å². The van der Waals surface area contributed by atoms with Crippen molar-refractivity contribution in [1.29, 1.82) is 5.26 Å². The van der Waals surface area contributed by atoms with Crippen molar-refractivity contribution in [2.75, 3.05) is 25.2 Å². The lowest BCUT2D eigenvalue weighted by atomic mass is 9.88. The van der Waals surface area contributed by atoms with Crippen LogP contribution in [-0.2, 0) is 6.42 Å². The summed E-state index contributed by atoms with van der Waals surface area (Å²) in [6, 6.07) is 16.0. The Morgan fingerprint density at radius 3 is 2.90 bits per heavy atom. The second kappa shape index (κ2) is 10.7. The van der Waals surface area contributed by atoms with E-state index in [9.17, 15) is 19.6 Å². The standard InChI is InChI=1S/C32H28FN5O3/c1-41-29-4-2-3-25(33)30(29)31-36-12-9-26(37-31)28(40)14-21-6-5-20(24-17-35-11-8-22(24)16-34)13-27(21)38-18-32(19-39)10-7-23(38)15-32/h2-6,8-9,11-13,17,23,39H,7,10,14-15,18-19H2,1H3/t23-,32-/m1/s1. The van der Waals surface area contributed by atoms with E-state index in [0.29, 0.717) is 12.1 Å². The number of methoxy groups -OCH3 is 1. The fourth-order valence-electron chi connectivity index (χ4n) is 6.21. The molecule has 2 aliphatic rings. The van der Waals surface area contributed by atoms with Gasteiger partial charge in [-0.25, -0.2) is 14.4 Å². The van der Waals surface area contributed by atoms with E-state index in [2.05, 4.69) is 25.9 Å². The fourth-order valence-corrected chi connectivity index (χ4v) is 6.21. The van der Waals surface area contributed by atoms with E-state index in [-0.39, 0.29) is 53.1 Å². The SMILES string of the molecule is COc1cccc(F)c1-c1nccc(C(=O)Cc2ccc(-c3cnccc3C#N)cc2N2C[C@@]3(CO)CC[C@@H]2C3)n1. The maximum absolute atomic E-state index is 14.7. The molecule has 8 nitrogen and oxygen atoms in total. The summed E-state index contributed by atoms with van der Waals surface area (Å²) in [7, 11) is 1.44. The van der Waals surface area contributed by atoms with E-state index in [0.717, 1.165) is 41.6 Å². The second-order valence-electron chi connectivity index (χ2n) is 10.7. The molecular weight excluding hydrogens is 521 g/mol. The van der Waals surface area contributed by atoms with Gasteiger partial charge in [0.1, 0.15) is 17.3 Å². The van der Waals surface area contributed by atoms with E-state index in [1.807, 2.05) is 18.2 Å². The number of anilines is 1. The molecule has 2 fully saturated rings. The van der Waals surface area contributed by atoms with Gasteiger partial charge in [0.25, 0.3) is 0 Å². The summed E-state index contributed by atoms with van der Waals surface area (Å²) in [4.78, 5) is 28.7.